The Morgan fingerprint density at radius 1 is 0.630 bits per heavy atom. The lowest BCUT2D eigenvalue weighted by Crippen LogP contribution is -1.93. The Bertz CT molecular complexity index is 1470. The fourth-order valence-corrected chi connectivity index (χ4v) is 5.84. The molecule has 0 aliphatic carbocycles. The quantitative estimate of drug-likeness (QED) is 0.251. The molecule has 0 saturated heterocycles. The van der Waals surface area contributed by atoms with E-state index < -0.39 is 0 Å². The molecule has 0 amide bonds. The summed E-state index contributed by atoms with van der Waals surface area (Å²) in [6.07, 6.45) is 0. The SMILES string of the molecule is Brc1cccc2c1c1ccc3sc4ccccc4c3c1n2-c1ccccc1. The number of para-hydroxylation sites is 1. The molecule has 6 rings (SSSR count). The second-order valence-corrected chi connectivity index (χ2v) is 8.68. The molecular formula is C24H14BrNS. The van der Waals surface area contributed by atoms with Crippen molar-refractivity contribution in [3.05, 3.63) is 89.4 Å². The first-order valence-corrected chi connectivity index (χ1v) is 10.5. The van der Waals surface area contributed by atoms with Crippen molar-refractivity contribution in [2.75, 3.05) is 0 Å². The van der Waals surface area contributed by atoms with Crippen LogP contribution in [0.3, 0.4) is 0 Å². The summed E-state index contributed by atoms with van der Waals surface area (Å²) < 4.78 is 6.22. The molecule has 1 nitrogen and oxygen atoms in total. The van der Waals surface area contributed by atoms with E-state index >= 15 is 0 Å². The third-order valence-corrected chi connectivity index (χ3v) is 7.05. The zero-order valence-electron chi connectivity index (χ0n) is 14.3. The lowest BCUT2D eigenvalue weighted by atomic mass is 10.1. The zero-order chi connectivity index (χ0) is 18.0. The number of fused-ring (bicyclic) bond motifs is 7. The number of rotatable bonds is 1. The largest absolute Gasteiger partial charge is 0.309 e. The van der Waals surface area contributed by atoms with Gasteiger partial charge >= 0.3 is 0 Å². The maximum absolute atomic E-state index is 3.80. The van der Waals surface area contributed by atoms with Crippen LogP contribution in [0.25, 0.3) is 47.7 Å². The van der Waals surface area contributed by atoms with Crippen LogP contribution in [0.1, 0.15) is 0 Å². The van der Waals surface area contributed by atoms with Gasteiger partial charge in [-0.1, -0.05) is 64.5 Å². The highest BCUT2D eigenvalue weighted by molar-refractivity contribution is 9.10. The standard InChI is InChI=1S/C24H14BrNS/c25-18-10-6-11-19-22(18)17-13-14-21-23(16-9-4-5-12-20(16)27-21)24(17)26(19)15-7-2-1-3-8-15/h1-14H. The van der Waals surface area contributed by atoms with Crippen molar-refractivity contribution < 1.29 is 0 Å². The molecule has 0 saturated carbocycles. The van der Waals surface area contributed by atoms with Gasteiger partial charge in [-0.2, -0.15) is 0 Å². The molecule has 0 radical (unpaired) electrons. The first kappa shape index (κ1) is 15.4. The van der Waals surface area contributed by atoms with Gasteiger partial charge in [-0.3, -0.25) is 0 Å². The summed E-state index contributed by atoms with van der Waals surface area (Å²) >= 11 is 5.67. The number of hydrogen-bond donors (Lipinski definition) is 0. The highest BCUT2D eigenvalue weighted by Crippen LogP contribution is 2.44. The molecule has 128 valence electrons. The van der Waals surface area contributed by atoms with Crippen molar-refractivity contribution >= 4 is 69.2 Å². The summed E-state index contributed by atoms with van der Waals surface area (Å²) in [5.41, 5.74) is 3.71. The third kappa shape index (κ3) is 2.10. The van der Waals surface area contributed by atoms with Gasteiger partial charge in [0.15, 0.2) is 0 Å². The summed E-state index contributed by atoms with van der Waals surface area (Å²) in [4.78, 5) is 0. The second-order valence-electron chi connectivity index (χ2n) is 6.74. The molecule has 6 aromatic rings. The Morgan fingerprint density at radius 3 is 2.33 bits per heavy atom. The van der Waals surface area contributed by atoms with Crippen LogP contribution in [0.4, 0.5) is 0 Å². The molecule has 0 unspecified atom stereocenters. The zero-order valence-corrected chi connectivity index (χ0v) is 16.7. The van der Waals surface area contributed by atoms with Crippen molar-refractivity contribution in [1.82, 2.24) is 4.57 Å². The Morgan fingerprint density at radius 2 is 1.44 bits per heavy atom. The van der Waals surface area contributed by atoms with Gasteiger partial charge in [0.1, 0.15) is 0 Å². The highest BCUT2D eigenvalue weighted by atomic mass is 79.9. The Hall–Kier alpha value is -2.62. The molecule has 0 spiro atoms. The van der Waals surface area contributed by atoms with Gasteiger partial charge in [0.2, 0.25) is 0 Å². The predicted octanol–water partition coefficient (Wildman–Crippen LogP) is 7.91. The van der Waals surface area contributed by atoms with E-state index in [4.69, 9.17) is 0 Å². The molecule has 3 heteroatoms. The fraction of sp³-hybridized carbons (Fsp3) is 0. The van der Waals surface area contributed by atoms with Gasteiger partial charge in [-0.15, -0.1) is 11.3 Å². The molecule has 27 heavy (non-hydrogen) atoms. The third-order valence-electron chi connectivity index (χ3n) is 5.26. The Kier molecular flexibility index (Phi) is 3.25. The van der Waals surface area contributed by atoms with E-state index in [1.807, 2.05) is 11.3 Å². The number of benzene rings is 4. The normalized spacial score (nSPS) is 11.9. The molecule has 0 N–H and O–H groups in total. The van der Waals surface area contributed by atoms with Crippen molar-refractivity contribution in [2.45, 2.75) is 0 Å². The number of hydrogen-bond acceptors (Lipinski definition) is 1. The summed E-state index contributed by atoms with van der Waals surface area (Å²) in [6, 6.07) is 30.4. The van der Waals surface area contributed by atoms with Crippen molar-refractivity contribution in [3.8, 4) is 5.69 Å². The summed E-state index contributed by atoms with van der Waals surface area (Å²) in [5.74, 6) is 0. The van der Waals surface area contributed by atoms with Crippen LogP contribution in [0.15, 0.2) is 89.4 Å². The van der Waals surface area contributed by atoms with Gasteiger partial charge in [0.05, 0.1) is 11.0 Å². The fourth-order valence-electron chi connectivity index (χ4n) is 4.16. The van der Waals surface area contributed by atoms with Crippen LogP contribution in [0.5, 0.6) is 0 Å². The van der Waals surface area contributed by atoms with Gasteiger partial charge in [-0.05, 0) is 36.4 Å². The van der Waals surface area contributed by atoms with Crippen LogP contribution in [0.2, 0.25) is 0 Å². The molecular weight excluding hydrogens is 414 g/mol. The average molecular weight is 428 g/mol. The van der Waals surface area contributed by atoms with E-state index in [1.165, 1.54) is 47.7 Å². The number of nitrogens with zero attached hydrogens (tertiary/aromatic N) is 1. The molecule has 4 aromatic carbocycles. The average Bonchev–Trinajstić information content (AvgIpc) is 3.24. The van der Waals surface area contributed by atoms with Gasteiger partial charge in [-0.25, -0.2) is 0 Å². The minimum absolute atomic E-state index is 1.14. The highest BCUT2D eigenvalue weighted by Gasteiger charge is 2.18. The summed E-state index contributed by atoms with van der Waals surface area (Å²) in [6.45, 7) is 0. The van der Waals surface area contributed by atoms with E-state index in [1.54, 1.807) is 0 Å². The van der Waals surface area contributed by atoms with Crippen molar-refractivity contribution in [3.63, 3.8) is 0 Å². The van der Waals surface area contributed by atoms with Crippen molar-refractivity contribution in [1.29, 1.82) is 0 Å². The number of halogens is 1. The van der Waals surface area contributed by atoms with Crippen LogP contribution in [0, 0.1) is 0 Å². The second kappa shape index (κ2) is 5.69. The van der Waals surface area contributed by atoms with Crippen LogP contribution in [-0.4, -0.2) is 4.57 Å². The molecule has 0 aliphatic heterocycles. The van der Waals surface area contributed by atoms with Crippen molar-refractivity contribution in [2.24, 2.45) is 0 Å². The molecule has 0 bridgehead atoms. The van der Waals surface area contributed by atoms with Gasteiger partial charge in [0.25, 0.3) is 0 Å². The van der Waals surface area contributed by atoms with Crippen LogP contribution >= 0.6 is 27.3 Å². The maximum Gasteiger partial charge on any atom is 0.0634 e. The van der Waals surface area contributed by atoms with E-state index in [-0.39, 0.29) is 0 Å². The lowest BCUT2D eigenvalue weighted by Gasteiger charge is -2.08. The Balaban J connectivity index is 1.97. The summed E-state index contributed by atoms with van der Waals surface area (Å²) in [7, 11) is 0. The minimum atomic E-state index is 1.14. The van der Waals surface area contributed by atoms with E-state index in [2.05, 4.69) is 105 Å². The van der Waals surface area contributed by atoms with Gasteiger partial charge < -0.3 is 4.57 Å². The Labute approximate surface area is 168 Å². The molecule has 2 aromatic heterocycles. The molecule has 0 aliphatic rings. The predicted molar refractivity (Wildman–Crippen MR) is 121 cm³/mol. The smallest absolute Gasteiger partial charge is 0.0634 e. The number of aromatic nitrogens is 1. The van der Waals surface area contributed by atoms with E-state index in [0.29, 0.717) is 0 Å². The maximum atomic E-state index is 3.80. The molecule has 0 fully saturated rings. The van der Waals surface area contributed by atoms with E-state index in [9.17, 15) is 0 Å². The van der Waals surface area contributed by atoms with E-state index in [0.717, 1.165) is 4.47 Å². The lowest BCUT2D eigenvalue weighted by molar-refractivity contribution is 1.19. The first-order valence-electron chi connectivity index (χ1n) is 8.91. The first-order chi connectivity index (χ1) is 13.3. The topological polar surface area (TPSA) is 4.93 Å². The van der Waals surface area contributed by atoms with Gasteiger partial charge in [0, 0.05) is 41.1 Å². The summed E-state index contributed by atoms with van der Waals surface area (Å²) in [5, 5.41) is 5.24. The van der Waals surface area contributed by atoms with Crippen LogP contribution < -0.4 is 0 Å². The van der Waals surface area contributed by atoms with Crippen LogP contribution in [-0.2, 0) is 0 Å². The molecule has 2 heterocycles. The molecule has 0 atom stereocenters. The number of thiophene rings is 1. The monoisotopic (exact) mass is 427 g/mol. The minimum Gasteiger partial charge on any atom is -0.309 e.